The van der Waals surface area contributed by atoms with Crippen molar-refractivity contribution in [3.63, 3.8) is 0 Å². The summed E-state index contributed by atoms with van der Waals surface area (Å²) in [6.45, 7) is 6.34. The highest BCUT2D eigenvalue weighted by Crippen LogP contribution is 2.38. The number of amides is 1. The Hall–Kier alpha value is -3.28. The maximum absolute atomic E-state index is 13.1. The second-order valence-electron chi connectivity index (χ2n) is 6.94. The zero-order valence-corrected chi connectivity index (χ0v) is 15.6. The van der Waals surface area contributed by atoms with E-state index in [1.807, 2.05) is 51.1 Å². The van der Waals surface area contributed by atoms with Crippen LogP contribution < -0.4 is 5.73 Å². The van der Waals surface area contributed by atoms with E-state index in [-0.39, 0.29) is 17.9 Å². The van der Waals surface area contributed by atoms with Crippen LogP contribution in [0.5, 0.6) is 0 Å². The molecule has 3 heterocycles. The number of aromatic nitrogens is 3. The minimum absolute atomic E-state index is 0.104. The molecule has 4 rings (SSSR count). The van der Waals surface area contributed by atoms with Gasteiger partial charge in [-0.1, -0.05) is 29.8 Å². The van der Waals surface area contributed by atoms with E-state index in [9.17, 15) is 4.79 Å². The number of nitrogens with zero attached hydrogens (tertiary/aromatic N) is 4. The fourth-order valence-electron chi connectivity index (χ4n) is 3.60. The first-order valence-corrected chi connectivity index (χ1v) is 8.91. The third kappa shape index (κ3) is 2.93. The van der Waals surface area contributed by atoms with Gasteiger partial charge in [0.2, 0.25) is 5.95 Å². The third-order valence-electron chi connectivity index (χ3n) is 5.01. The summed E-state index contributed by atoms with van der Waals surface area (Å²) >= 11 is 0. The molecule has 27 heavy (non-hydrogen) atoms. The molecule has 1 aliphatic heterocycles. The molecule has 1 aliphatic rings. The Morgan fingerprint density at radius 1 is 1.19 bits per heavy atom. The zero-order chi connectivity index (χ0) is 19.1. The quantitative estimate of drug-likeness (QED) is 0.757. The van der Waals surface area contributed by atoms with E-state index < -0.39 is 0 Å². The Morgan fingerprint density at radius 3 is 2.74 bits per heavy atom. The van der Waals surface area contributed by atoms with Crippen LogP contribution in [-0.2, 0) is 6.54 Å². The van der Waals surface area contributed by atoms with Gasteiger partial charge in [0.25, 0.3) is 5.91 Å². The van der Waals surface area contributed by atoms with Crippen molar-refractivity contribution in [2.24, 2.45) is 0 Å². The van der Waals surface area contributed by atoms with E-state index in [0.29, 0.717) is 12.2 Å². The van der Waals surface area contributed by atoms with Gasteiger partial charge in [-0.15, -0.1) is 0 Å². The molecule has 6 nitrogen and oxygen atoms in total. The van der Waals surface area contributed by atoms with Crippen molar-refractivity contribution < 1.29 is 4.79 Å². The molecule has 0 aliphatic carbocycles. The smallest absolute Gasteiger partial charge is 0.273 e. The Labute approximate surface area is 158 Å². The minimum atomic E-state index is -0.192. The van der Waals surface area contributed by atoms with Crippen LogP contribution in [0.25, 0.3) is 11.3 Å². The molecule has 3 aromatic rings. The van der Waals surface area contributed by atoms with Gasteiger partial charge in [-0.25, -0.2) is 9.97 Å². The van der Waals surface area contributed by atoms with Crippen molar-refractivity contribution >= 4 is 11.9 Å². The summed E-state index contributed by atoms with van der Waals surface area (Å²) in [7, 11) is 0. The molecule has 0 fully saturated rings. The Bertz CT molecular complexity index is 1050. The number of benzene rings is 1. The molecule has 6 heteroatoms. The summed E-state index contributed by atoms with van der Waals surface area (Å²) in [4.78, 5) is 28.1. The molecule has 1 amide bonds. The van der Waals surface area contributed by atoms with Gasteiger partial charge in [-0.05, 0) is 38.5 Å². The van der Waals surface area contributed by atoms with Crippen LogP contribution in [0, 0.1) is 13.8 Å². The van der Waals surface area contributed by atoms with Crippen molar-refractivity contribution in [3.8, 4) is 11.3 Å². The van der Waals surface area contributed by atoms with Crippen LogP contribution in [0.3, 0.4) is 0 Å². The van der Waals surface area contributed by atoms with Crippen molar-refractivity contribution in [1.29, 1.82) is 0 Å². The molecule has 2 aromatic heterocycles. The fraction of sp³-hybridized carbons (Fsp3) is 0.238. The lowest BCUT2D eigenvalue weighted by Crippen LogP contribution is -2.29. The molecule has 1 aromatic carbocycles. The maximum Gasteiger partial charge on any atom is 0.273 e. The molecule has 0 bridgehead atoms. The summed E-state index contributed by atoms with van der Waals surface area (Å²) in [6.07, 6.45) is 1.64. The van der Waals surface area contributed by atoms with Gasteiger partial charge in [0.05, 0.1) is 24.0 Å². The second-order valence-corrected chi connectivity index (χ2v) is 6.94. The van der Waals surface area contributed by atoms with E-state index >= 15 is 0 Å². The highest BCUT2D eigenvalue weighted by atomic mass is 16.2. The molecule has 0 spiro atoms. The van der Waals surface area contributed by atoms with E-state index in [0.717, 1.165) is 33.6 Å². The molecule has 0 radical (unpaired) electrons. The standard InChI is InChI=1S/C21H21N5O/c1-12-6-4-8-15(10-12)19-16-11-26(14(3)18(16)24-21(22)25-19)20(27)17-13(2)7-5-9-23-17/h4-10,14H,11H2,1-3H3,(H2,22,24,25). The van der Waals surface area contributed by atoms with Crippen LogP contribution in [0.2, 0.25) is 0 Å². The number of carbonyl (C=O) groups is 1. The lowest BCUT2D eigenvalue weighted by atomic mass is 10.0. The average Bonchev–Trinajstić information content (AvgIpc) is 2.98. The Kier molecular flexibility index (Phi) is 4.11. The number of anilines is 1. The predicted octanol–water partition coefficient (Wildman–Crippen LogP) is 3.45. The molecule has 1 unspecified atom stereocenters. The predicted molar refractivity (Wildman–Crippen MR) is 104 cm³/mol. The largest absolute Gasteiger partial charge is 0.368 e. The minimum Gasteiger partial charge on any atom is -0.368 e. The number of carbonyl (C=O) groups excluding carboxylic acids is 1. The number of nitrogens with two attached hydrogens (primary N) is 1. The summed E-state index contributed by atoms with van der Waals surface area (Å²) in [5, 5.41) is 0. The van der Waals surface area contributed by atoms with Crippen LogP contribution in [0.1, 0.15) is 45.8 Å². The highest BCUT2D eigenvalue weighted by molar-refractivity contribution is 5.94. The van der Waals surface area contributed by atoms with Crippen LogP contribution in [-0.4, -0.2) is 25.8 Å². The molecule has 1 atom stereocenters. The van der Waals surface area contributed by atoms with Gasteiger partial charge >= 0.3 is 0 Å². The number of hydrogen-bond acceptors (Lipinski definition) is 5. The van der Waals surface area contributed by atoms with Gasteiger partial charge in [-0.3, -0.25) is 9.78 Å². The normalized spacial score (nSPS) is 15.7. The van der Waals surface area contributed by atoms with Crippen molar-refractivity contribution in [2.45, 2.75) is 33.4 Å². The van der Waals surface area contributed by atoms with Crippen molar-refractivity contribution in [1.82, 2.24) is 19.9 Å². The van der Waals surface area contributed by atoms with Crippen LogP contribution in [0.15, 0.2) is 42.6 Å². The number of fused-ring (bicyclic) bond motifs is 1. The van der Waals surface area contributed by atoms with E-state index in [4.69, 9.17) is 5.73 Å². The molecular weight excluding hydrogens is 338 g/mol. The molecule has 2 N–H and O–H groups in total. The first-order valence-electron chi connectivity index (χ1n) is 8.91. The Balaban J connectivity index is 1.78. The lowest BCUT2D eigenvalue weighted by molar-refractivity contribution is 0.0696. The Morgan fingerprint density at radius 2 is 2.00 bits per heavy atom. The topological polar surface area (TPSA) is 85.0 Å². The summed E-state index contributed by atoms with van der Waals surface area (Å²) in [5.41, 5.74) is 12.0. The summed E-state index contributed by atoms with van der Waals surface area (Å²) in [6, 6.07) is 11.6. The number of rotatable bonds is 2. The lowest BCUT2D eigenvalue weighted by Gasteiger charge is -2.21. The van der Waals surface area contributed by atoms with E-state index in [1.165, 1.54) is 0 Å². The number of hydrogen-bond donors (Lipinski definition) is 1. The number of aryl methyl sites for hydroxylation is 2. The van der Waals surface area contributed by atoms with E-state index in [1.54, 1.807) is 11.1 Å². The first-order chi connectivity index (χ1) is 13.0. The zero-order valence-electron chi connectivity index (χ0n) is 15.6. The second kappa shape index (κ2) is 6.46. The molecule has 136 valence electrons. The van der Waals surface area contributed by atoms with E-state index in [2.05, 4.69) is 21.0 Å². The SMILES string of the molecule is Cc1cccc(-c2nc(N)nc3c2CN(C(=O)c2ncccc2C)C3C)c1. The fourth-order valence-corrected chi connectivity index (χ4v) is 3.60. The first kappa shape index (κ1) is 17.1. The number of nitrogen functional groups attached to an aromatic ring is 1. The third-order valence-corrected chi connectivity index (χ3v) is 5.01. The van der Waals surface area contributed by atoms with Crippen LogP contribution >= 0.6 is 0 Å². The maximum atomic E-state index is 13.1. The van der Waals surface area contributed by atoms with Gasteiger partial charge < -0.3 is 10.6 Å². The molecule has 0 saturated carbocycles. The highest BCUT2D eigenvalue weighted by Gasteiger charge is 2.36. The monoisotopic (exact) mass is 359 g/mol. The van der Waals surface area contributed by atoms with Gasteiger partial charge in [0.1, 0.15) is 5.69 Å². The molecular formula is C21H21N5O. The van der Waals surface area contributed by atoms with Crippen molar-refractivity contribution in [2.75, 3.05) is 5.73 Å². The molecule has 0 saturated heterocycles. The van der Waals surface area contributed by atoms with Crippen LogP contribution in [0.4, 0.5) is 5.95 Å². The van der Waals surface area contributed by atoms with Gasteiger partial charge in [0, 0.05) is 17.3 Å². The summed E-state index contributed by atoms with van der Waals surface area (Å²) in [5.74, 6) is 0.118. The van der Waals surface area contributed by atoms with Gasteiger partial charge in [0.15, 0.2) is 0 Å². The van der Waals surface area contributed by atoms with Gasteiger partial charge in [-0.2, -0.15) is 0 Å². The number of pyridine rings is 1. The summed E-state index contributed by atoms with van der Waals surface area (Å²) < 4.78 is 0. The average molecular weight is 359 g/mol. The van der Waals surface area contributed by atoms with Crippen molar-refractivity contribution in [3.05, 3.63) is 70.7 Å².